The first-order chi connectivity index (χ1) is 8.81. The van der Waals surface area contributed by atoms with Gasteiger partial charge in [-0.25, -0.2) is 0 Å². The van der Waals surface area contributed by atoms with Gasteiger partial charge in [-0.3, -0.25) is 4.79 Å². The van der Waals surface area contributed by atoms with Crippen molar-refractivity contribution in [1.82, 2.24) is 5.32 Å². The zero-order valence-electron chi connectivity index (χ0n) is 12.7. The van der Waals surface area contributed by atoms with Gasteiger partial charge in [0.05, 0.1) is 19.3 Å². The number of benzene rings is 1. The lowest BCUT2D eigenvalue weighted by Gasteiger charge is -2.25. The van der Waals surface area contributed by atoms with Crippen LogP contribution in [0.15, 0.2) is 18.2 Å². The predicted octanol–water partition coefficient (Wildman–Crippen LogP) is 2.17. The van der Waals surface area contributed by atoms with E-state index >= 15 is 0 Å². The van der Waals surface area contributed by atoms with E-state index in [1.54, 1.807) is 26.1 Å². The van der Waals surface area contributed by atoms with Crippen molar-refractivity contribution in [2.45, 2.75) is 26.2 Å². The number of nitrogens with one attached hydrogen (secondary N) is 1. The molecule has 0 aliphatic rings. The molecular weight excluding hydrogens is 240 g/mol. The average molecular weight is 264 g/mol. The smallest absolute Gasteiger partial charge is 0.240 e. The minimum atomic E-state index is 0.00635. The molecular formula is C15H24N2O2. The van der Waals surface area contributed by atoms with E-state index in [1.165, 1.54) is 5.56 Å². The topological polar surface area (TPSA) is 41.6 Å². The fraction of sp³-hybridized carbons (Fsp3) is 0.533. The molecule has 0 fully saturated rings. The normalized spacial score (nSPS) is 11.3. The number of carbonyl (C=O) groups is 1. The third-order valence-electron chi connectivity index (χ3n) is 3.11. The van der Waals surface area contributed by atoms with Crippen LogP contribution in [0, 0.1) is 0 Å². The largest absolute Gasteiger partial charge is 0.495 e. The second-order valence-electron chi connectivity index (χ2n) is 5.62. The van der Waals surface area contributed by atoms with Crippen LogP contribution in [0.3, 0.4) is 0 Å². The van der Waals surface area contributed by atoms with Crippen molar-refractivity contribution in [3.63, 3.8) is 0 Å². The van der Waals surface area contributed by atoms with Crippen LogP contribution < -0.4 is 15.0 Å². The van der Waals surface area contributed by atoms with Crippen molar-refractivity contribution in [1.29, 1.82) is 0 Å². The first-order valence-electron chi connectivity index (χ1n) is 6.41. The molecule has 1 rings (SSSR count). The average Bonchev–Trinajstić information content (AvgIpc) is 2.36. The zero-order valence-corrected chi connectivity index (χ0v) is 12.7. The summed E-state index contributed by atoms with van der Waals surface area (Å²) in [6.45, 7) is 6.75. The summed E-state index contributed by atoms with van der Waals surface area (Å²) in [4.78, 5) is 13.6. The SMILES string of the molecule is CNCC(=O)N(C)c1cc(C(C)(C)C)ccc1OC. The molecule has 106 valence electrons. The highest BCUT2D eigenvalue weighted by atomic mass is 16.5. The molecule has 1 aromatic rings. The van der Waals surface area contributed by atoms with Gasteiger partial charge in [0, 0.05) is 7.05 Å². The molecule has 19 heavy (non-hydrogen) atoms. The molecule has 0 aliphatic carbocycles. The number of likely N-dealkylation sites (N-methyl/N-ethyl adjacent to an activating group) is 2. The Hall–Kier alpha value is -1.55. The van der Waals surface area contributed by atoms with Gasteiger partial charge in [-0.1, -0.05) is 26.8 Å². The van der Waals surface area contributed by atoms with Crippen molar-refractivity contribution in [3.05, 3.63) is 23.8 Å². The van der Waals surface area contributed by atoms with Crippen LogP contribution in [0.5, 0.6) is 5.75 Å². The number of anilines is 1. The first kappa shape index (κ1) is 15.5. The Balaban J connectivity index is 3.19. The van der Waals surface area contributed by atoms with Crippen LogP contribution >= 0.6 is 0 Å². The van der Waals surface area contributed by atoms with E-state index in [0.29, 0.717) is 12.3 Å². The fourth-order valence-corrected chi connectivity index (χ4v) is 1.82. The Bertz CT molecular complexity index is 450. The number of amides is 1. The van der Waals surface area contributed by atoms with Gasteiger partial charge < -0.3 is 15.0 Å². The van der Waals surface area contributed by atoms with Gasteiger partial charge in [-0.05, 0) is 30.2 Å². The van der Waals surface area contributed by atoms with E-state index in [1.807, 2.05) is 18.2 Å². The van der Waals surface area contributed by atoms with Crippen molar-refractivity contribution in [2.75, 3.05) is 32.6 Å². The van der Waals surface area contributed by atoms with E-state index in [-0.39, 0.29) is 11.3 Å². The van der Waals surface area contributed by atoms with E-state index in [9.17, 15) is 4.79 Å². The number of methoxy groups -OCH3 is 1. The summed E-state index contributed by atoms with van der Waals surface area (Å²) in [5.41, 5.74) is 2.01. The number of rotatable bonds is 4. The Morgan fingerprint density at radius 2 is 2.00 bits per heavy atom. The minimum absolute atomic E-state index is 0.00635. The van der Waals surface area contributed by atoms with Crippen LogP contribution in [0.4, 0.5) is 5.69 Å². The Morgan fingerprint density at radius 3 is 2.47 bits per heavy atom. The summed E-state index contributed by atoms with van der Waals surface area (Å²) in [5, 5.41) is 2.87. The first-order valence-corrected chi connectivity index (χ1v) is 6.41. The molecule has 0 atom stereocenters. The van der Waals surface area contributed by atoms with Crippen LogP contribution in [0.2, 0.25) is 0 Å². The molecule has 0 radical (unpaired) electrons. The quantitative estimate of drug-likeness (QED) is 0.906. The third kappa shape index (κ3) is 3.70. The van der Waals surface area contributed by atoms with Gasteiger partial charge in [-0.15, -0.1) is 0 Å². The number of hydrogen-bond acceptors (Lipinski definition) is 3. The van der Waals surface area contributed by atoms with E-state index in [0.717, 1.165) is 5.69 Å². The van der Waals surface area contributed by atoms with Crippen molar-refractivity contribution in [2.24, 2.45) is 0 Å². The van der Waals surface area contributed by atoms with Crippen LogP contribution in [0.25, 0.3) is 0 Å². The van der Waals surface area contributed by atoms with E-state index in [2.05, 4.69) is 26.1 Å². The summed E-state index contributed by atoms with van der Waals surface area (Å²) in [5.74, 6) is 0.715. The Labute approximate surface area is 115 Å². The van der Waals surface area contributed by atoms with Gasteiger partial charge in [0.2, 0.25) is 5.91 Å². The van der Waals surface area contributed by atoms with Gasteiger partial charge in [0.1, 0.15) is 5.75 Å². The molecule has 0 heterocycles. The van der Waals surface area contributed by atoms with Crippen LogP contribution in [-0.2, 0) is 10.2 Å². The number of ether oxygens (including phenoxy) is 1. The maximum atomic E-state index is 12.0. The molecule has 0 saturated heterocycles. The van der Waals surface area contributed by atoms with Gasteiger partial charge in [0.25, 0.3) is 0 Å². The molecule has 0 spiro atoms. The Kier molecular flexibility index (Phi) is 4.95. The highest BCUT2D eigenvalue weighted by Crippen LogP contribution is 2.33. The summed E-state index contributed by atoms with van der Waals surface area (Å²) in [7, 11) is 5.14. The lowest BCUT2D eigenvalue weighted by atomic mass is 9.86. The second kappa shape index (κ2) is 6.06. The van der Waals surface area contributed by atoms with Crippen LogP contribution in [-0.4, -0.2) is 33.7 Å². The standard InChI is InChI=1S/C15H24N2O2/c1-15(2,3)11-7-8-13(19-6)12(9-11)17(5)14(18)10-16-4/h7-9,16H,10H2,1-6H3. The zero-order chi connectivity index (χ0) is 14.6. The Morgan fingerprint density at radius 1 is 1.37 bits per heavy atom. The minimum Gasteiger partial charge on any atom is -0.495 e. The highest BCUT2D eigenvalue weighted by Gasteiger charge is 2.19. The molecule has 1 N–H and O–H groups in total. The summed E-state index contributed by atoms with van der Waals surface area (Å²) >= 11 is 0. The molecule has 1 aromatic carbocycles. The summed E-state index contributed by atoms with van der Waals surface area (Å²) in [6, 6.07) is 5.98. The summed E-state index contributed by atoms with van der Waals surface area (Å²) < 4.78 is 5.35. The van der Waals surface area contributed by atoms with Crippen molar-refractivity contribution >= 4 is 11.6 Å². The fourth-order valence-electron chi connectivity index (χ4n) is 1.82. The van der Waals surface area contributed by atoms with Gasteiger partial charge >= 0.3 is 0 Å². The number of nitrogens with zero attached hydrogens (tertiary/aromatic N) is 1. The summed E-state index contributed by atoms with van der Waals surface area (Å²) in [6.07, 6.45) is 0. The van der Waals surface area contributed by atoms with Gasteiger partial charge in [-0.2, -0.15) is 0 Å². The maximum Gasteiger partial charge on any atom is 0.240 e. The van der Waals surface area contributed by atoms with Gasteiger partial charge in [0.15, 0.2) is 0 Å². The predicted molar refractivity (Wildman–Crippen MR) is 79.0 cm³/mol. The van der Waals surface area contributed by atoms with Crippen LogP contribution in [0.1, 0.15) is 26.3 Å². The molecule has 0 saturated carbocycles. The van der Waals surface area contributed by atoms with E-state index in [4.69, 9.17) is 4.74 Å². The highest BCUT2D eigenvalue weighted by molar-refractivity contribution is 5.95. The van der Waals surface area contributed by atoms with Crippen molar-refractivity contribution < 1.29 is 9.53 Å². The molecule has 4 nitrogen and oxygen atoms in total. The van der Waals surface area contributed by atoms with Crippen molar-refractivity contribution in [3.8, 4) is 5.75 Å². The molecule has 0 unspecified atom stereocenters. The lowest BCUT2D eigenvalue weighted by Crippen LogP contribution is -2.34. The molecule has 0 aromatic heterocycles. The molecule has 4 heteroatoms. The number of carbonyl (C=O) groups excluding carboxylic acids is 1. The monoisotopic (exact) mass is 264 g/mol. The van der Waals surface area contributed by atoms with E-state index < -0.39 is 0 Å². The lowest BCUT2D eigenvalue weighted by molar-refractivity contribution is -0.117. The second-order valence-corrected chi connectivity index (χ2v) is 5.62. The molecule has 0 aliphatic heterocycles. The number of hydrogen-bond donors (Lipinski definition) is 1. The molecule has 0 bridgehead atoms. The maximum absolute atomic E-state index is 12.0. The molecule has 1 amide bonds. The third-order valence-corrected chi connectivity index (χ3v) is 3.11.